The summed E-state index contributed by atoms with van der Waals surface area (Å²) in [5.41, 5.74) is 3.29. The zero-order valence-electron chi connectivity index (χ0n) is 16.3. The van der Waals surface area contributed by atoms with E-state index in [1.807, 2.05) is 0 Å². The normalized spacial score (nSPS) is 21.9. The largest absolute Gasteiger partial charge is 0.492 e. The summed E-state index contributed by atoms with van der Waals surface area (Å²) in [6.45, 7) is 3.31. The van der Waals surface area contributed by atoms with E-state index in [0.29, 0.717) is 25.1 Å². The van der Waals surface area contributed by atoms with Crippen LogP contribution in [0.3, 0.4) is 0 Å². The predicted molar refractivity (Wildman–Crippen MR) is 114 cm³/mol. The van der Waals surface area contributed by atoms with Crippen molar-refractivity contribution in [1.82, 2.24) is 9.71 Å². The predicted octanol–water partition coefficient (Wildman–Crippen LogP) is 3.57. The number of ether oxygens (including phenoxy) is 1. The van der Waals surface area contributed by atoms with Gasteiger partial charge >= 0.3 is 0 Å². The first kappa shape index (κ1) is 19.7. The lowest BCUT2D eigenvalue weighted by Gasteiger charge is -2.28. The van der Waals surface area contributed by atoms with E-state index in [1.54, 1.807) is 11.3 Å². The number of anilines is 1. The number of aromatic nitrogens is 1. The van der Waals surface area contributed by atoms with Crippen molar-refractivity contribution in [2.24, 2.45) is 5.92 Å². The van der Waals surface area contributed by atoms with Crippen molar-refractivity contribution in [2.75, 3.05) is 24.7 Å². The molecule has 0 spiro atoms. The molecule has 4 rings (SSSR count). The first-order chi connectivity index (χ1) is 13.4. The molecule has 28 heavy (non-hydrogen) atoms. The molecule has 1 fully saturated rings. The number of fused-ring (bicyclic) bond motifs is 3. The fraction of sp³-hybridized carbons (Fsp3) is 0.550. The number of benzene rings is 1. The SMILES string of the molecule is Cc1cccc2c1OCCc1sc(NC3CCC(CNS(C)(=O)=O)CC3)nc1-2. The van der Waals surface area contributed by atoms with E-state index >= 15 is 0 Å². The summed E-state index contributed by atoms with van der Waals surface area (Å²) in [6.07, 6.45) is 6.24. The smallest absolute Gasteiger partial charge is 0.208 e. The number of sulfonamides is 1. The summed E-state index contributed by atoms with van der Waals surface area (Å²) in [7, 11) is -3.10. The van der Waals surface area contributed by atoms with Gasteiger partial charge in [-0.2, -0.15) is 0 Å². The molecule has 0 amide bonds. The molecule has 0 saturated heterocycles. The Balaban J connectivity index is 1.41. The van der Waals surface area contributed by atoms with Gasteiger partial charge < -0.3 is 10.1 Å². The Morgan fingerprint density at radius 3 is 2.79 bits per heavy atom. The second-order valence-corrected chi connectivity index (χ2v) is 10.7. The fourth-order valence-electron chi connectivity index (χ4n) is 4.02. The molecular weight excluding hydrogens is 394 g/mol. The molecule has 0 unspecified atom stereocenters. The zero-order chi connectivity index (χ0) is 19.7. The number of nitrogens with zero attached hydrogens (tertiary/aromatic N) is 1. The summed E-state index contributed by atoms with van der Waals surface area (Å²) >= 11 is 1.73. The number of hydrogen-bond acceptors (Lipinski definition) is 6. The van der Waals surface area contributed by atoms with E-state index in [1.165, 1.54) is 11.1 Å². The Morgan fingerprint density at radius 2 is 2.04 bits per heavy atom. The lowest BCUT2D eigenvalue weighted by molar-refractivity contribution is 0.325. The topological polar surface area (TPSA) is 80.3 Å². The van der Waals surface area contributed by atoms with Crippen LogP contribution in [0.25, 0.3) is 11.3 Å². The van der Waals surface area contributed by atoms with Gasteiger partial charge in [0.05, 0.1) is 18.6 Å². The molecule has 1 aliphatic carbocycles. The maximum Gasteiger partial charge on any atom is 0.208 e. The van der Waals surface area contributed by atoms with Gasteiger partial charge in [0.2, 0.25) is 10.0 Å². The van der Waals surface area contributed by atoms with E-state index in [2.05, 4.69) is 35.2 Å². The Bertz CT molecular complexity index is 948. The Labute approximate surface area is 170 Å². The monoisotopic (exact) mass is 421 g/mol. The number of nitrogens with one attached hydrogen (secondary N) is 2. The molecule has 2 heterocycles. The average Bonchev–Trinajstić information content (AvgIpc) is 2.96. The van der Waals surface area contributed by atoms with Crippen molar-refractivity contribution < 1.29 is 13.2 Å². The van der Waals surface area contributed by atoms with Crippen LogP contribution >= 0.6 is 11.3 Å². The van der Waals surface area contributed by atoms with Crippen LogP contribution in [0.1, 0.15) is 36.1 Å². The molecule has 0 bridgehead atoms. The summed E-state index contributed by atoms with van der Waals surface area (Å²) in [5, 5.41) is 4.61. The molecule has 2 aliphatic rings. The van der Waals surface area contributed by atoms with Gasteiger partial charge in [-0.15, -0.1) is 11.3 Å². The molecule has 1 aliphatic heterocycles. The minimum atomic E-state index is -3.10. The molecule has 2 aromatic rings. The fourth-order valence-corrected chi connectivity index (χ4v) is 5.60. The number of hydrogen-bond donors (Lipinski definition) is 2. The quantitative estimate of drug-likeness (QED) is 0.771. The van der Waals surface area contributed by atoms with Gasteiger partial charge in [0.25, 0.3) is 0 Å². The minimum Gasteiger partial charge on any atom is -0.492 e. The Morgan fingerprint density at radius 1 is 1.25 bits per heavy atom. The molecular formula is C20H27N3O3S2. The van der Waals surface area contributed by atoms with E-state index in [9.17, 15) is 8.42 Å². The number of thiazole rings is 1. The van der Waals surface area contributed by atoms with Gasteiger partial charge in [0.1, 0.15) is 5.75 Å². The standard InChI is InChI=1S/C20H27N3O3S2/c1-13-4-3-5-16-18-17(10-11-26-19(13)16)27-20(23-18)22-15-8-6-14(7-9-15)12-21-28(2,24)25/h3-5,14-15,21H,6-12H2,1-2H3,(H,22,23). The van der Waals surface area contributed by atoms with E-state index in [4.69, 9.17) is 9.72 Å². The van der Waals surface area contributed by atoms with Crippen molar-refractivity contribution in [3.8, 4) is 17.0 Å². The van der Waals surface area contributed by atoms with Gasteiger partial charge in [0.15, 0.2) is 5.13 Å². The Hall–Kier alpha value is -1.64. The molecule has 1 aromatic heterocycles. The number of rotatable bonds is 5. The van der Waals surface area contributed by atoms with Gasteiger partial charge in [-0.05, 0) is 50.2 Å². The minimum absolute atomic E-state index is 0.400. The van der Waals surface area contributed by atoms with Crippen molar-refractivity contribution >= 4 is 26.5 Å². The average molecular weight is 422 g/mol. The van der Waals surface area contributed by atoms with Gasteiger partial charge in [-0.1, -0.05) is 12.1 Å². The van der Waals surface area contributed by atoms with Crippen LogP contribution in [-0.4, -0.2) is 38.9 Å². The number of para-hydroxylation sites is 1. The van der Waals surface area contributed by atoms with Crippen molar-refractivity contribution in [1.29, 1.82) is 0 Å². The third-order valence-corrected chi connectivity index (χ3v) is 7.29. The second kappa shape index (κ2) is 8.00. The van der Waals surface area contributed by atoms with Gasteiger partial charge in [-0.3, -0.25) is 0 Å². The van der Waals surface area contributed by atoms with Gasteiger partial charge in [-0.25, -0.2) is 18.1 Å². The highest BCUT2D eigenvalue weighted by Crippen LogP contribution is 2.41. The van der Waals surface area contributed by atoms with Crippen LogP contribution in [0, 0.1) is 12.8 Å². The molecule has 6 nitrogen and oxygen atoms in total. The van der Waals surface area contributed by atoms with Gasteiger partial charge in [0, 0.05) is 29.4 Å². The van der Waals surface area contributed by atoms with E-state index < -0.39 is 10.0 Å². The molecule has 0 atom stereocenters. The van der Waals surface area contributed by atoms with Crippen LogP contribution in [0.2, 0.25) is 0 Å². The van der Waals surface area contributed by atoms with E-state index in [0.717, 1.165) is 59.8 Å². The van der Waals surface area contributed by atoms with Crippen molar-refractivity contribution in [3.05, 3.63) is 28.6 Å². The first-order valence-corrected chi connectivity index (χ1v) is 12.5. The molecule has 1 aromatic carbocycles. The van der Waals surface area contributed by atoms with Crippen LogP contribution in [0.5, 0.6) is 5.75 Å². The van der Waals surface area contributed by atoms with Crippen molar-refractivity contribution in [3.63, 3.8) is 0 Å². The van der Waals surface area contributed by atoms with Crippen LogP contribution in [-0.2, 0) is 16.4 Å². The first-order valence-electron chi connectivity index (χ1n) is 9.83. The highest BCUT2D eigenvalue weighted by molar-refractivity contribution is 7.88. The Kier molecular flexibility index (Phi) is 5.62. The molecule has 0 radical (unpaired) electrons. The van der Waals surface area contributed by atoms with Crippen molar-refractivity contribution in [2.45, 2.75) is 45.1 Å². The number of aryl methyl sites for hydroxylation is 1. The molecule has 8 heteroatoms. The lowest BCUT2D eigenvalue weighted by Crippen LogP contribution is -2.33. The van der Waals surface area contributed by atoms with Crippen LogP contribution in [0.15, 0.2) is 18.2 Å². The third kappa shape index (κ3) is 4.50. The van der Waals surface area contributed by atoms with E-state index in [-0.39, 0.29) is 0 Å². The summed E-state index contributed by atoms with van der Waals surface area (Å²) in [5.74, 6) is 1.38. The summed E-state index contributed by atoms with van der Waals surface area (Å²) in [4.78, 5) is 6.19. The summed E-state index contributed by atoms with van der Waals surface area (Å²) < 4.78 is 31.1. The molecule has 152 valence electrons. The zero-order valence-corrected chi connectivity index (χ0v) is 18.0. The third-order valence-electron chi connectivity index (χ3n) is 5.55. The van der Waals surface area contributed by atoms with Crippen LogP contribution in [0.4, 0.5) is 5.13 Å². The summed E-state index contributed by atoms with van der Waals surface area (Å²) in [6, 6.07) is 6.63. The second-order valence-electron chi connectivity index (χ2n) is 7.82. The molecule has 2 N–H and O–H groups in total. The maximum atomic E-state index is 11.3. The van der Waals surface area contributed by atoms with Crippen LogP contribution < -0.4 is 14.8 Å². The highest BCUT2D eigenvalue weighted by Gasteiger charge is 2.25. The molecule has 1 saturated carbocycles. The maximum absolute atomic E-state index is 11.3. The highest BCUT2D eigenvalue weighted by atomic mass is 32.2. The lowest BCUT2D eigenvalue weighted by atomic mass is 9.86.